The Morgan fingerprint density at radius 3 is 2.70 bits per heavy atom. The highest BCUT2D eigenvalue weighted by Crippen LogP contribution is 2.23. The lowest BCUT2D eigenvalue weighted by molar-refractivity contribution is 0.244. The molecule has 0 spiro atoms. The van der Waals surface area contributed by atoms with Gasteiger partial charge in [0.2, 0.25) is 10.0 Å². The van der Waals surface area contributed by atoms with Crippen molar-refractivity contribution >= 4 is 10.0 Å². The van der Waals surface area contributed by atoms with Gasteiger partial charge < -0.3 is 14.1 Å². The molecule has 0 aliphatic carbocycles. The number of imidazole rings is 1. The predicted octanol–water partition coefficient (Wildman–Crippen LogP) is 0.635. The molecule has 0 amide bonds. The Labute approximate surface area is 117 Å². The van der Waals surface area contributed by atoms with Gasteiger partial charge in [0.1, 0.15) is 28.8 Å². The fourth-order valence-corrected chi connectivity index (χ4v) is 3.17. The molecule has 1 N–H and O–H groups in total. The van der Waals surface area contributed by atoms with E-state index in [1.54, 1.807) is 30.9 Å². The third-order valence-corrected chi connectivity index (χ3v) is 4.96. The quantitative estimate of drug-likeness (QED) is 0.875. The van der Waals surface area contributed by atoms with Gasteiger partial charge in [-0.2, -0.15) is 4.31 Å². The van der Waals surface area contributed by atoms with Crippen LogP contribution in [0, 0.1) is 6.92 Å². The van der Waals surface area contributed by atoms with E-state index >= 15 is 0 Å². The van der Waals surface area contributed by atoms with Crippen LogP contribution in [0.1, 0.15) is 17.3 Å². The van der Waals surface area contributed by atoms with Crippen LogP contribution in [-0.4, -0.2) is 34.4 Å². The summed E-state index contributed by atoms with van der Waals surface area (Å²) in [6, 6.07) is 1.35. The third-order valence-electron chi connectivity index (χ3n) is 3.05. The Balaban J connectivity index is 2.29. The second-order valence-electron chi connectivity index (χ2n) is 4.51. The highest BCUT2D eigenvalue weighted by molar-refractivity contribution is 7.89. The summed E-state index contributed by atoms with van der Waals surface area (Å²) in [6.07, 6.45) is 3.37. The Bertz CT molecular complexity index is 702. The molecule has 2 rings (SSSR count). The molecule has 0 unspecified atom stereocenters. The number of aryl methyl sites for hydroxylation is 2. The van der Waals surface area contributed by atoms with E-state index in [-0.39, 0.29) is 29.6 Å². The molecule has 20 heavy (non-hydrogen) atoms. The molecule has 2 aromatic rings. The van der Waals surface area contributed by atoms with E-state index in [0.717, 1.165) is 0 Å². The molecule has 0 atom stereocenters. The highest BCUT2D eigenvalue weighted by atomic mass is 32.2. The van der Waals surface area contributed by atoms with Crippen molar-refractivity contribution in [3.8, 4) is 0 Å². The van der Waals surface area contributed by atoms with E-state index in [4.69, 9.17) is 9.52 Å². The van der Waals surface area contributed by atoms with Crippen LogP contribution in [-0.2, 0) is 30.2 Å². The molecule has 0 bridgehead atoms. The Hall–Kier alpha value is -1.64. The van der Waals surface area contributed by atoms with Gasteiger partial charge in [-0.25, -0.2) is 13.4 Å². The number of nitrogens with zero attached hydrogens (tertiary/aromatic N) is 3. The number of hydrogen-bond donors (Lipinski definition) is 1. The summed E-state index contributed by atoms with van der Waals surface area (Å²) in [5, 5.41) is 9.01. The van der Waals surface area contributed by atoms with E-state index < -0.39 is 10.0 Å². The molecule has 0 fully saturated rings. The largest absolute Gasteiger partial charge is 0.462 e. The van der Waals surface area contributed by atoms with Crippen molar-refractivity contribution in [2.45, 2.75) is 25.0 Å². The minimum absolute atomic E-state index is 0.0678. The van der Waals surface area contributed by atoms with Crippen molar-refractivity contribution in [1.29, 1.82) is 0 Å². The maximum absolute atomic E-state index is 12.5. The van der Waals surface area contributed by atoms with Gasteiger partial charge in [0.15, 0.2) is 0 Å². The standard InChI is InChI=1S/C12H17N3O4S/c1-9-11(6-10(8-16)19-9)20(17,18)15(3)7-12-13-4-5-14(12)2/h4-6,16H,7-8H2,1-3H3. The second-order valence-corrected chi connectivity index (χ2v) is 6.52. The lowest BCUT2D eigenvalue weighted by atomic mass is 10.4. The van der Waals surface area contributed by atoms with Crippen molar-refractivity contribution in [2.24, 2.45) is 7.05 Å². The minimum Gasteiger partial charge on any atom is -0.462 e. The molecule has 0 aliphatic rings. The van der Waals surface area contributed by atoms with Crippen LogP contribution in [0.5, 0.6) is 0 Å². The van der Waals surface area contributed by atoms with Gasteiger partial charge in [-0.3, -0.25) is 0 Å². The lowest BCUT2D eigenvalue weighted by Gasteiger charge is -2.16. The van der Waals surface area contributed by atoms with Gasteiger partial charge in [0.05, 0.1) is 6.54 Å². The van der Waals surface area contributed by atoms with Crippen LogP contribution in [0.25, 0.3) is 0 Å². The van der Waals surface area contributed by atoms with Gasteiger partial charge in [-0.05, 0) is 6.92 Å². The summed E-state index contributed by atoms with van der Waals surface area (Å²) >= 11 is 0. The van der Waals surface area contributed by atoms with Crippen molar-refractivity contribution in [3.05, 3.63) is 35.8 Å². The first-order valence-corrected chi connectivity index (χ1v) is 7.43. The first-order chi connectivity index (χ1) is 9.36. The molecule has 2 heterocycles. The smallest absolute Gasteiger partial charge is 0.246 e. The number of aromatic nitrogens is 2. The number of aliphatic hydroxyl groups is 1. The van der Waals surface area contributed by atoms with Crippen molar-refractivity contribution in [1.82, 2.24) is 13.9 Å². The van der Waals surface area contributed by atoms with E-state index in [2.05, 4.69) is 4.98 Å². The van der Waals surface area contributed by atoms with Crippen molar-refractivity contribution in [3.63, 3.8) is 0 Å². The Morgan fingerprint density at radius 2 is 2.20 bits per heavy atom. The van der Waals surface area contributed by atoms with Crippen LogP contribution < -0.4 is 0 Å². The minimum atomic E-state index is -3.68. The number of aliphatic hydroxyl groups excluding tert-OH is 1. The second kappa shape index (κ2) is 5.39. The SMILES string of the molecule is Cc1oc(CO)cc1S(=O)(=O)N(C)Cc1nccn1C. The zero-order valence-electron chi connectivity index (χ0n) is 11.6. The van der Waals surface area contributed by atoms with Gasteiger partial charge in [-0.15, -0.1) is 0 Å². The third kappa shape index (κ3) is 2.62. The summed E-state index contributed by atoms with van der Waals surface area (Å²) in [4.78, 5) is 4.17. The van der Waals surface area contributed by atoms with Crippen molar-refractivity contribution in [2.75, 3.05) is 7.05 Å². The number of rotatable bonds is 5. The van der Waals surface area contributed by atoms with E-state index in [0.29, 0.717) is 5.82 Å². The maximum Gasteiger partial charge on any atom is 0.246 e. The van der Waals surface area contributed by atoms with Crippen LogP contribution >= 0.6 is 0 Å². The number of furan rings is 1. The van der Waals surface area contributed by atoms with Crippen LogP contribution in [0.2, 0.25) is 0 Å². The zero-order chi connectivity index (χ0) is 14.9. The summed E-state index contributed by atoms with van der Waals surface area (Å²) in [5.41, 5.74) is 0. The highest BCUT2D eigenvalue weighted by Gasteiger charge is 2.26. The average Bonchev–Trinajstić information content (AvgIpc) is 2.96. The molecular weight excluding hydrogens is 282 g/mol. The number of hydrogen-bond acceptors (Lipinski definition) is 5. The molecular formula is C12H17N3O4S. The Morgan fingerprint density at radius 1 is 1.50 bits per heavy atom. The van der Waals surface area contributed by atoms with Crippen LogP contribution in [0.15, 0.2) is 27.8 Å². The lowest BCUT2D eigenvalue weighted by Crippen LogP contribution is -2.27. The van der Waals surface area contributed by atoms with Gasteiger partial charge >= 0.3 is 0 Å². The monoisotopic (exact) mass is 299 g/mol. The molecule has 8 heteroatoms. The van der Waals surface area contributed by atoms with Crippen LogP contribution in [0.3, 0.4) is 0 Å². The van der Waals surface area contributed by atoms with Gasteiger partial charge in [0.25, 0.3) is 0 Å². The molecule has 110 valence electrons. The van der Waals surface area contributed by atoms with Crippen LogP contribution in [0.4, 0.5) is 0 Å². The van der Waals surface area contributed by atoms with Gasteiger partial charge in [-0.1, -0.05) is 0 Å². The summed E-state index contributed by atoms with van der Waals surface area (Å²) < 4.78 is 33.1. The average molecular weight is 299 g/mol. The number of sulfonamides is 1. The first kappa shape index (κ1) is 14.8. The topological polar surface area (TPSA) is 88.6 Å². The van der Waals surface area contributed by atoms with E-state index in [9.17, 15) is 8.42 Å². The van der Waals surface area contributed by atoms with E-state index in [1.807, 2.05) is 0 Å². The zero-order valence-corrected chi connectivity index (χ0v) is 12.4. The molecule has 0 saturated carbocycles. The fourth-order valence-electron chi connectivity index (χ4n) is 1.86. The molecule has 2 aromatic heterocycles. The molecule has 0 radical (unpaired) electrons. The molecule has 0 aromatic carbocycles. The molecule has 0 saturated heterocycles. The van der Waals surface area contributed by atoms with Gasteiger partial charge in [0, 0.05) is 32.6 Å². The normalized spacial score (nSPS) is 12.2. The predicted molar refractivity (Wildman–Crippen MR) is 71.2 cm³/mol. The van der Waals surface area contributed by atoms with Crippen molar-refractivity contribution < 1.29 is 17.9 Å². The summed E-state index contributed by atoms with van der Waals surface area (Å²) in [5.74, 6) is 1.13. The first-order valence-electron chi connectivity index (χ1n) is 5.99. The molecule has 7 nitrogen and oxygen atoms in total. The maximum atomic E-state index is 12.5. The van der Waals surface area contributed by atoms with E-state index in [1.165, 1.54) is 17.4 Å². The Kier molecular flexibility index (Phi) is 3.98. The molecule has 0 aliphatic heterocycles. The summed E-state index contributed by atoms with van der Waals surface area (Å²) in [7, 11) is -0.394. The summed E-state index contributed by atoms with van der Waals surface area (Å²) in [6.45, 7) is 1.38. The fraction of sp³-hybridized carbons (Fsp3) is 0.417.